The molecule has 4 heteroatoms. The lowest BCUT2D eigenvalue weighted by atomic mass is 9.83. The Morgan fingerprint density at radius 3 is 3.00 bits per heavy atom. The van der Waals surface area contributed by atoms with Gasteiger partial charge in [0.15, 0.2) is 0 Å². The average molecular weight is 240 g/mol. The maximum atomic E-state index is 12.4. The van der Waals surface area contributed by atoms with E-state index >= 15 is 0 Å². The number of rotatable bonds is 3. The summed E-state index contributed by atoms with van der Waals surface area (Å²) in [5.74, 6) is 0.240. The molecule has 2 N–H and O–H groups in total. The van der Waals surface area contributed by atoms with E-state index in [1.165, 1.54) is 0 Å². The SMILES string of the molecule is CCC1(C(=O)NC2CCOC(C)C2)CCNC1. The minimum atomic E-state index is -0.165. The lowest BCUT2D eigenvalue weighted by Crippen LogP contribution is -2.49. The zero-order valence-electron chi connectivity index (χ0n) is 10.9. The third-order valence-corrected chi connectivity index (χ3v) is 4.22. The molecular formula is C13H24N2O2. The third kappa shape index (κ3) is 2.80. The molecule has 2 saturated heterocycles. The molecule has 0 bridgehead atoms. The average Bonchev–Trinajstić information content (AvgIpc) is 2.78. The first-order valence-electron chi connectivity index (χ1n) is 6.79. The van der Waals surface area contributed by atoms with Gasteiger partial charge in [-0.25, -0.2) is 0 Å². The van der Waals surface area contributed by atoms with Crippen LogP contribution in [0.4, 0.5) is 0 Å². The number of hydrogen-bond donors (Lipinski definition) is 2. The van der Waals surface area contributed by atoms with Crippen molar-refractivity contribution in [1.82, 2.24) is 10.6 Å². The maximum absolute atomic E-state index is 12.4. The second-order valence-corrected chi connectivity index (χ2v) is 5.44. The molecule has 0 aromatic carbocycles. The van der Waals surface area contributed by atoms with Gasteiger partial charge in [-0.05, 0) is 39.2 Å². The van der Waals surface area contributed by atoms with Gasteiger partial charge in [0.05, 0.1) is 11.5 Å². The Hall–Kier alpha value is -0.610. The quantitative estimate of drug-likeness (QED) is 0.775. The van der Waals surface area contributed by atoms with E-state index < -0.39 is 0 Å². The first kappa shape index (κ1) is 12.8. The zero-order valence-corrected chi connectivity index (χ0v) is 10.9. The van der Waals surface area contributed by atoms with Crippen molar-refractivity contribution in [2.24, 2.45) is 5.41 Å². The summed E-state index contributed by atoms with van der Waals surface area (Å²) in [6.45, 7) is 6.74. The van der Waals surface area contributed by atoms with Gasteiger partial charge < -0.3 is 15.4 Å². The lowest BCUT2D eigenvalue weighted by molar-refractivity contribution is -0.132. The minimum Gasteiger partial charge on any atom is -0.378 e. The summed E-state index contributed by atoms with van der Waals surface area (Å²) in [7, 11) is 0. The van der Waals surface area contributed by atoms with E-state index in [9.17, 15) is 4.79 Å². The van der Waals surface area contributed by atoms with Crippen molar-refractivity contribution < 1.29 is 9.53 Å². The van der Waals surface area contributed by atoms with E-state index in [1.807, 2.05) is 0 Å². The van der Waals surface area contributed by atoms with Crippen molar-refractivity contribution in [3.8, 4) is 0 Å². The monoisotopic (exact) mass is 240 g/mol. The van der Waals surface area contributed by atoms with Crippen molar-refractivity contribution >= 4 is 5.91 Å². The van der Waals surface area contributed by atoms with Gasteiger partial charge in [0.2, 0.25) is 5.91 Å². The number of hydrogen-bond acceptors (Lipinski definition) is 3. The van der Waals surface area contributed by atoms with Gasteiger partial charge in [0, 0.05) is 19.2 Å². The van der Waals surface area contributed by atoms with Gasteiger partial charge in [-0.15, -0.1) is 0 Å². The van der Waals surface area contributed by atoms with Gasteiger partial charge in [0.1, 0.15) is 0 Å². The van der Waals surface area contributed by atoms with Crippen LogP contribution in [0.25, 0.3) is 0 Å². The number of ether oxygens (including phenoxy) is 1. The molecule has 0 radical (unpaired) electrons. The Kier molecular flexibility index (Phi) is 4.05. The summed E-state index contributed by atoms with van der Waals surface area (Å²) >= 11 is 0. The first-order valence-corrected chi connectivity index (χ1v) is 6.79. The molecule has 2 aliphatic heterocycles. The van der Waals surface area contributed by atoms with Crippen molar-refractivity contribution in [3.63, 3.8) is 0 Å². The number of carbonyl (C=O) groups excluding carboxylic acids is 1. The largest absolute Gasteiger partial charge is 0.378 e. The number of amides is 1. The molecule has 17 heavy (non-hydrogen) atoms. The van der Waals surface area contributed by atoms with E-state index in [1.54, 1.807) is 0 Å². The van der Waals surface area contributed by atoms with Crippen LogP contribution < -0.4 is 10.6 Å². The van der Waals surface area contributed by atoms with Crippen LogP contribution in [0, 0.1) is 5.41 Å². The summed E-state index contributed by atoms with van der Waals surface area (Å²) in [6.07, 6.45) is 4.05. The molecule has 98 valence electrons. The van der Waals surface area contributed by atoms with Gasteiger partial charge in [-0.3, -0.25) is 4.79 Å². The predicted molar refractivity (Wildman–Crippen MR) is 66.8 cm³/mol. The number of carbonyl (C=O) groups is 1. The molecule has 1 amide bonds. The van der Waals surface area contributed by atoms with E-state index in [0.29, 0.717) is 6.04 Å². The highest BCUT2D eigenvalue weighted by atomic mass is 16.5. The second kappa shape index (κ2) is 5.36. The summed E-state index contributed by atoms with van der Waals surface area (Å²) in [5, 5.41) is 6.53. The Labute approximate surface area is 103 Å². The smallest absolute Gasteiger partial charge is 0.227 e. The molecule has 2 rings (SSSR count). The van der Waals surface area contributed by atoms with Crippen molar-refractivity contribution in [1.29, 1.82) is 0 Å². The van der Waals surface area contributed by atoms with Crippen molar-refractivity contribution in [2.75, 3.05) is 19.7 Å². The molecule has 2 aliphatic rings. The molecule has 0 aliphatic carbocycles. The van der Waals surface area contributed by atoms with Crippen LogP contribution in [0.15, 0.2) is 0 Å². The third-order valence-electron chi connectivity index (χ3n) is 4.22. The molecule has 2 heterocycles. The molecule has 3 atom stereocenters. The number of nitrogens with one attached hydrogen (secondary N) is 2. The highest BCUT2D eigenvalue weighted by molar-refractivity contribution is 5.83. The fourth-order valence-corrected chi connectivity index (χ4v) is 2.87. The van der Waals surface area contributed by atoms with Crippen molar-refractivity contribution in [2.45, 2.75) is 51.7 Å². The highest BCUT2D eigenvalue weighted by Crippen LogP contribution is 2.30. The zero-order chi connectivity index (χ0) is 12.3. The lowest BCUT2D eigenvalue weighted by Gasteiger charge is -2.32. The maximum Gasteiger partial charge on any atom is 0.227 e. The van der Waals surface area contributed by atoms with Crippen LogP contribution in [0.2, 0.25) is 0 Å². The standard InChI is InChI=1S/C13H24N2O2/c1-3-13(5-6-14-9-13)12(16)15-11-4-7-17-10(2)8-11/h10-11,14H,3-9H2,1-2H3,(H,15,16). The van der Waals surface area contributed by atoms with Gasteiger partial charge in [-0.2, -0.15) is 0 Å². The van der Waals surface area contributed by atoms with Gasteiger partial charge in [-0.1, -0.05) is 6.92 Å². The topological polar surface area (TPSA) is 50.4 Å². The van der Waals surface area contributed by atoms with Crippen LogP contribution in [-0.4, -0.2) is 37.7 Å². The first-order chi connectivity index (χ1) is 8.16. The van der Waals surface area contributed by atoms with Crippen LogP contribution >= 0.6 is 0 Å². The predicted octanol–water partition coefficient (Wildman–Crippen LogP) is 1.06. The van der Waals surface area contributed by atoms with Crippen LogP contribution in [-0.2, 0) is 9.53 Å². The minimum absolute atomic E-state index is 0.165. The van der Waals surface area contributed by atoms with E-state index in [2.05, 4.69) is 24.5 Å². The molecule has 4 nitrogen and oxygen atoms in total. The van der Waals surface area contributed by atoms with Crippen LogP contribution in [0.1, 0.15) is 39.5 Å². The summed E-state index contributed by atoms with van der Waals surface area (Å²) in [6, 6.07) is 0.301. The normalized spacial score (nSPS) is 38.0. The van der Waals surface area contributed by atoms with E-state index in [-0.39, 0.29) is 17.4 Å². The molecular weight excluding hydrogens is 216 g/mol. The molecule has 0 aromatic heterocycles. The van der Waals surface area contributed by atoms with Crippen LogP contribution in [0.3, 0.4) is 0 Å². The Morgan fingerprint density at radius 1 is 1.59 bits per heavy atom. The summed E-state index contributed by atoms with van der Waals surface area (Å²) in [4.78, 5) is 12.4. The second-order valence-electron chi connectivity index (χ2n) is 5.44. The van der Waals surface area contributed by atoms with Crippen molar-refractivity contribution in [3.05, 3.63) is 0 Å². The fourth-order valence-electron chi connectivity index (χ4n) is 2.87. The summed E-state index contributed by atoms with van der Waals surface area (Å²) in [5.41, 5.74) is -0.165. The highest BCUT2D eigenvalue weighted by Gasteiger charge is 2.40. The molecule has 0 spiro atoms. The Morgan fingerprint density at radius 2 is 2.41 bits per heavy atom. The molecule has 0 aromatic rings. The van der Waals surface area contributed by atoms with E-state index in [0.717, 1.165) is 45.4 Å². The molecule has 2 fully saturated rings. The summed E-state index contributed by atoms with van der Waals surface area (Å²) < 4.78 is 5.50. The molecule has 3 unspecified atom stereocenters. The fraction of sp³-hybridized carbons (Fsp3) is 0.923. The Balaban J connectivity index is 1.91. The Bertz CT molecular complexity index is 275. The molecule has 0 saturated carbocycles. The van der Waals surface area contributed by atoms with E-state index in [4.69, 9.17) is 4.74 Å². The van der Waals surface area contributed by atoms with Crippen LogP contribution in [0.5, 0.6) is 0 Å². The van der Waals surface area contributed by atoms with Gasteiger partial charge in [0.25, 0.3) is 0 Å². The van der Waals surface area contributed by atoms with Gasteiger partial charge >= 0.3 is 0 Å².